The number of hydrogen-bond donors (Lipinski definition) is 3. The fourth-order valence-electron chi connectivity index (χ4n) is 1.07. The summed E-state index contributed by atoms with van der Waals surface area (Å²) in [7, 11) is -2.48. The SMILES string of the molecule is CNS(=O)(=O)c1ccc(NN)c([N+](=O)[O-])c1. The molecule has 16 heavy (non-hydrogen) atoms. The fourth-order valence-corrected chi connectivity index (χ4v) is 1.82. The molecule has 88 valence electrons. The topological polar surface area (TPSA) is 127 Å². The lowest BCUT2D eigenvalue weighted by Gasteiger charge is -2.05. The number of anilines is 1. The van der Waals surface area contributed by atoms with Crippen molar-refractivity contribution in [1.29, 1.82) is 0 Å². The van der Waals surface area contributed by atoms with Crippen LogP contribution >= 0.6 is 0 Å². The van der Waals surface area contributed by atoms with Crippen LogP contribution in [0.2, 0.25) is 0 Å². The molecule has 0 aliphatic heterocycles. The number of nitro groups is 1. The zero-order valence-corrected chi connectivity index (χ0v) is 9.11. The Balaban J connectivity index is 3.39. The number of rotatable bonds is 4. The van der Waals surface area contributed by atoms with Gasteiger partial charge in [-0.15, -0.1) is 0 Å². The molecule has 0 spiro atoms. The van der Waals surface area contributed by atoms with Gasteiger partial charge >= 0.3 is 0 Å². The fraction of sp³-hybridized carbons (Fsp3) is 0.143. The number of nitrogens with two attached hydrogens (primary N) is 1. The van der Waals surface area contributed by atoms with E-state index in [4.69, 9.17) is 5.84 Å². The van der Waals surface area contributed by atoms with Gasteiger partial charge in [-0.1, -0.05) is 0 Å². The van der Waals surface area contributed by atoms with Crippen molar-refractivity contribution in [3.63, 3.8) is 0 Å². The minimum absolute atomic E-state index is 0.0417. The van der Waals surface area contributed by atoms with E-state index in [1.807, 2.05) is 0 Å². The number of hydrazine groups is 1. The van der Waals surface area contributed by atoms with Crippen molar-refractivity contribution in [2.75, 3.05) is 12.5 Å². The first-order chi connectivity index (χ1) is 7.42. The van der Waals surface area contributed by atoms with E-state index in [0.29, 0.717) is 0 Å². The molecule has 0 heterocycles. The molecule has 0 unspecified atom stereocenters. The first-order valence-corrected chi connectivity index (χ1v) is 5.59. The lowest BCUT2D eigenvalue weighted by molar-refractivity contribution is -0.384. The molecule has 0 fully saturated rings. The number of nitro benzene ring substituents is 1. The minimum Gasteiger partial charge on any atom is -0.318 e. The van der Waals surface area contributed by atoms with E-state index < -0.39 is 20.6 Å². The molecular weight excluding hydrogens is 236 g/mol. The molecule has 0 saturated carbocycles. The van der Waals surface area contributed by atoms with Gasteiger partial charge in [0.25, 0.3) is 5.69 Å². The molecule has 9 heteroatoms. The van der Waals surface area contributed by atoms with Gasteiger partial charge in [-0.25, -0.2) is 13.1 Å². The summed E-state index contributed by atoms with van der Waals surface area (Å²) in [6.45, 7) is 0. The smallest absolute Gasteiger partial charge is 0.294 e. The third-order valence-electron chi connectivity index (χ3n) is 1.90. The number of benzene rings is 1. The van der Waals surface area contributed by atoms with Gasteiger partial charge in [0, 0.05) is 6.07 Å². The Labute approximate surface area is 91.6 Å². The molecule has 8 nitrogen and oxygen atoms in total. The van der Waals surface area contributed by atoms with Crippen LogP contribution in [0.25, 0.3) is 0 Å². The van der Waals surface area contributed by atoms with Gasteiger partial charge in [0.15, 0.2) is 0 Å². The highest BCUT2D eigenvalue weighted by molar-refractivity contribution is 7.89. The maximum atomic E-state index is 11.4. The van der Waals surface area contributed by atoms with Crippen LogP contribution in [-0.2, 0) is 10.0 Å². The Hall–Kier alpha value is -1.71. The molecule has 0 saturated heterocycles. The van der Waals surface area contributed by atoms with Gasteiger partial charge in [0.05, 0.1) is 9.82 Å². The monoisotopic (exact) mass is 246 g/mol. The lowest BCUT2D eigenvalue weighted by Crippen LogP contribution is -2.19. The van der Waals surface area contributed by atoms with Gasteiger partial charge in [-0.05, 0) is 19.2 Å². The number of nitrogens with zero attached hydrogens (tertiary/aromatic N) is 1. The molecule has 0 radical (unpaired) electrons. The van der Waals surface area contributed by atoms with Crippen molar-refractivity contribution in [1.82, 2.24) is 4.72 Å². The van der Waals surface area contributed by atoms with Crippen molar-refractivity contribution in [2.45, 2.75) is 4.90 Å². The number of hydrogen-bond acceptors (Lipinski definition) is 6. The quantitative estimate of drug-likeness (QED) is 0.383. The Bertz CT molecular complexity index is 513. The van der Waals surface area contributed by atoms with E-state index >= 15 is 0 Å². The summed E-state index contributed by atoms with van der Waals surface area (Å²) in [5.74, 6) is 5.06. The average molecular weight is 246 g/mol. The van der Waals surface area contributed by atoms with Gasteiger partial charge in [-0.3, -0.25) is 16.0 Å². The van der Waals surface area contributed by atoms with Crippen LogP contribution in [0.15, 0.2) is 23.1 Å². The normalized spacial score (nSPS) is 11.1. The van der Waals surface area contributed by atoms with Crippen LogP contribution in [0, 0.1) is 10.1 Å². The van der Waals surface area contributed by atoms with Crippen LogP contribution in [-0.4, -0.2) is 20.4 Å². The summed E-state index contributed by atoms with van der Waals surface area (Å²) >= 11 is 0. The maximum absolute atomic E-state index is 11.4. The van der Waals surface area contributed by atoms with E-state index in [1.165, 1.54) is 19.2 Å². The van der Waals surface area contributed by atoms with Crippen LogP contribution < -0.4 is 16.0 Å². The minimum atomic E-state index is -3.70. The van der Waals surface area contributed by atoms with E-state index in [9.17, 15) is 18.5 Å². The van der Waals surface area contributed by atoms with E-state index in [0.717, 1.165) is 6.07 Å². The summed E-state index contributed by atoms with van der Waals surface area (Å²) in [4.78, 5) is 9.73. The molecule has 0 atom stereocenters. The highest BCUT2D eigenvalue weighted by Gasteiger charge is 2.19. The van der Waals surface area contributed by atoms with Crippen molar-refractivity contribution >= 4 is 21.4 Å². The van der Waals surface area contributed by atoms with Crippen LogP contribution in [0.1, 0.15) is 0 Å². The lowest BCUT2D eigenvalue weighted by atomic mass is 10.3. The molecule has 0 aliphatic rings. The molecule has 0 aromatic heterocycles. The summed E-state index contributed by atoms with van der Waals surface area (Å²) in [6.07, 6.45) is 0. The molecule has 1 rings (SSSR count). The average Bonchev–Trinajstić information content (AvgIpc) is 2.28. The maximum Gasteiger partial charge on any atom is 0.294 e. The van der Waals surface area contributed by atoms with Crippen molar-refractivity contribution in [3.8, 4) is 0 Å². The molecule has 1 aromatic rings. The van der Waals surface area contributed by atoms with Crippen LogP contribution in [0.3, 0.4) is 0 Å². The van der Waals surface area contributed by atoms with Gasteiger partial charge in [0.2, 0.25) is 10.0 Å². The first-order valence-electron chi connectivity index (χ1n) is 4.11. The standard InChI is InChI=1S/C7H10N4O4S/c1-9-16(14,15)5-2-3-6(10-8)7(4-5)11(12)13/h2-4,9-10H,8H2,1H3. The molecule has 0 bridgehead atoms. The predicted octanol–water partition coefficient (Wildman–Crippen LogP) is -0.211. The second-order valence-corrected chi connectivity index (χ2v) is 4.67. The third kappa shape index (κ3) is 2.27. The Morgan fingerprint density at radius 1 is 1.44 bits per heavy atom. The highest BCUT2D eigenvalue weighted by Crippen LogP contribution is 2.26. The Morgan fingerprint density at radius 2 is 2.06 bits per heavy atom. The van der Waals surface area contributed by atoms with Gasteiger partial charge < -0.3 is 5.43 Å². The summed E-state index contributed by atoms with van der Waals surface area (Å²) in [5.41, 5.74) is 1.75. The number of sulfonamides is 1. The van der Waals surface area contributed by atoms with Gasteiger partial charge in [0.1, 0.15) is 5.69 Å². The Morgan fingerprint density at radius 3 is 2.50 bits per heavy atom. The number of nitrogen functional groups attached to an aromatic ring is 1. The zero-order valence-electron chi connectivity index (χ0n) is 8.30. The highest BCUT2D eigenvalue weighted by atomic mass is 32.2. The number of nitrogens with one attached hydrogen (secondary N) is 2. The van der Waals surface area contributed by atoms with E-state index in [1.54, 1.807) is 0 Å². The molecule has 4 N–H and O–H groups in total. The Kier molecular flexibility index (Phi) is 3.42. The summed E-state index contributed by atoms with van der Waals surface area (Å²) < 4.78 is 24.8. The second kappa shape index (κ2) is 4.43. The van der Waals surface area contributed by atoms with Crippen molar-refractivity contribution in [2.24, 2.45) is 5.84 Å². The summed E-state index contributed by atoms with van der Waals surface area (Å²) in [5, 5.41) is 10.6. The third-order valence-corrected chi connectivity index (χ3v) is 3.31. The van der Waals surface area contributed by atoms with Crippen molar-refractivity contribution in [3.05, 3.63) is 28.3 Å². The largest absolute Gasteiger partial charge is 0.318 e. The summed E-state index contributed by atoms with van der Waals surface area (Å²) in [6, 6.07) is 3.37. The van der Waals surface area contributed by atoms with E-state index in [-0.39, 0.29) is 10.6 Å². The molecule has 1 aromatic carbocycles. The second-order valence-electron chi connectivity index (χ2n) is 2.79. The first kappa shape index (κ1) is 12.4. The molecular formula is C7H10N4O4S. The van der Waals surface area contributed by atoms with Crippen LogP contribution in [0.5, 0.6) is 0 Å². The predicted molar refractivity (Wildman–Crippen MR) is 57.2 cm³/mol. The molecule has 0 aliphatic carbocycles. The molecule has 0 amide bonds. The van der Waals surface area contributed by atoms with E-state index in [2.05, 4.69) is 10.1 Å². The van der Waals surface area contributed by atoms with Crippen molar-refractivity contribution < 1.29 is 13.3 Å². The zero-order chi connectivity index (χ0) is 12.3. The van der Waals surface area contributed by atoms with Crippen LogP contribution in [0.4, 0.5) is 11.4 Å². The van der Waals surface area contributed by atoms with Gasteiger partial charge in [-0.2, -0.15) is 0 Å².